The maximum atomic E-state index is 7.81. The van der Waals surface area contributed by atoms with E-state index in [1.165, 1.54) is 6.20 Å². The highest BCUT2D eigenvalue weighted by atomic mass is 16.5. The van der Waals surface area contributed by atoms with Gasteiger partial charge in [-0.3, -0.25) is 5.10 Å². The van der Waals surface area contributed by atoms with Crippen LogP contribution in [0.3, 0.4) is 0 Å². The number of H-pyrrole nitrogens is 1. The molecule has 0 fully saturated rings. The van der Waals surface area contributed by atoms with Gasteiger partial charge < -0.3 is 5.21 Å². The van der Waals surface area contributed by atoms with Gasteiger partial charge in [0.2, 0.25) is 5.82 Å². The Labute approximate surface area is 44.2 Å². The van der Waals surface area contributed by atoms with Crippen molar-refractivity contribution in [3.05, 3.63) is 6.20 Å². The molecule has 1 aromatic heterocycles. The molecular formula is C2H3N5O. The highest BCUT2D eigenvalue weighted by Gasteiger charge is 1.86. The molecule has 0 unspecified atom stereocenters. The van der Waals surface area contributed by atoms with Crippen LogP contribution >= 0.6 is 0 Å². The normalized spacial score (nSPS) is 10.5. The number of aromatic nitrogens is 3. The Hall–Kier alpha value is -1.46. The van der Waals surface area contributed by atoms with Crippen LogP contribution in [0.2, 0.25) is 0 Å². The molecule has 0 amide bonds. The number of nitrogens with zero attached hydrogens (tertiary/aromatic N) is 4. The quantitative estimate of drug-likeness (QED) is 0.405. The van der Waals surface area contributed by atoms with Crippen molar-refractivity contribution in [3.63, 3.8) is 0 Å². The predicted octanol–water partition coefficient (Wildman–Crippen LogP) is 0.278. The minimum atomic E-state index is 0.257. The minimum Gasteiger partial charge on any atom is -0.394 e. The smallest absolute Gasteiger partial charge is 0.218 e. The van der Waals surface area contributed by atoms with Crippen molar-refractivity contribution >= 4 is 5.82 Å². The summed E-state index contributed by atoms with van der Waals surface area (Å²) in [6.07, 6.45) is 1.40. The molecule has 0 spiro atoms. The van der Waals surface area contributed by atoms with Gasteiger partial charge in [-0.1, -0.05) is 10.3 Å². The van der Waals surface area contributed by atoms with E-state index in [0.717, 1.165) is 0 Å². The molecule has 0 saturated heterocycles. The fourth-order valence-electron chi connectivity index (χ4n) is 0.290. The lowest BCUT2D eigenvalue weighted by Gasteiger charge is -1.69. The van der Waals surface area contributed by atoms with E-state index in [0.29, 0.717) is 0 Å². The largest absolute Gasteiger partial charge is 0.394 e. The van der Waals surface area contributed by atoms with Crippen LogP contribution in [0, 0.1) is 0 Å². The average molecular weight is 113 g/mol. The van der Waals surface area contributed by atoms with E-state index in [4.69, 9.17) is 5.21 Å². The monoisotopic (exact) mass is 113 g/mol. The summed E-state index contributed by atoms with van der Waals surface area (Å²) in [6, 6.07) is 0. The van der Waals surface area contributed by atoms with E-state index in [9.17, 15) is 0 Å². The third-order valence-corrected chi connectivity index (χ3v) is 0.551. The van der Waals surface area contributed by atoms with Crippen LogP contribution in [0.5, 0.6) is 0 Å². The minimum absolute atomic E-state index is 0.257. The highest BCUT2D eigenvalue weighted by molar-refractivity contribution is 5.16. The second kappa shape index (κ2) is 2.01. The van der Waals surface area contributed by atoms with Crippen LogP contribution in [0.15, 0.2) is 16.6 Å². The van der Waals surface area contributed by atoms with E-state index >= 15 is 0 Å². The fourth-order valence-corrected chi connectivity index (χ4v) is 0.290. The molecule has 0 aliphatic heterocycles. The van der Waals surface area contributed by atoms with Gasteiger partial charge in [0.25, 0.3) is 0 Å². The van der Waals surface area contributed by atoms with E-state index in [-0.39, 0.29) is 5.82 Å². The topological polar surface area (TPSA) is 86.5 Å². The summed E-state index contributed by atoms with van der Waals surface area (Å²) in [5.74, 6) is 0.257. The molecule has 1 aromatic rings. The first-order chi connectivity index (χ1) is 3.93. The van der Waals surface area contributed by atoms with Gasteiger partial charge in [0.1, 0.15) is 0 Å². The Balaban J connectivity index is 2.77. The molecule has 1 heterocycles. The van der Waals surface area contributed by atoms with Crippen LogP contribution in [0.4, 0.5) is 5.82 Å². The van der Waals surface area contributed by atoms with E-state index in [2.05, 4.69) is 25.8 Å². The lowest BCUT2D eigenvalue weighted by atomic mass is 10.8. The molecule has 6 nitrogen and oxygen atoms in total. The molecule has 0 saturated carbocycles. The van der Waals surface area contributed by atoms with Crippen LogP contribution in [0.1, 0.15) is 0 Å². The van der Waals surface area contributed by atoms with E-state index in [1.807, 2.05) is 0 Å². The first kappa shape index (κ1) is 4.69. The summed E-state index contributed by atoms with van der Waals surface area (Å²) < 4.78 is 0. The van der Waals surface area contributed by atoms with Crippen LogP contribution in [0.25, 0.3) is 0 Å². The molecule has 8 heavy (non-hydrogen) atoms. The second-order valence-electron chi connectivity index (χ2n) is 1.02. The van der Waals surface area contributed by atoms with Crippen molar-refractivity contribution in [2.45, 2.75) is 0 Å². The summed E-state index contributed by atoms with van der Waals surface area (Å²) in [7, 11) is 0. The molecule has 0 radical (unpaired) electrons. The molecule has 6 heteroatoms. The summed E-state index contributed by atoms with van der Waals surface area (Å²) >= 11 is 0. The summed E-state index contributed by atoms with van der Waals surface area (Å²) in [4.78, 5) is 0. The number of hydrogen-bond acceptors (Lipinski definition) is 4. The average Bonchev–Trinajstić information content (AvgIpc) is 2.19. The van der Waals surface area contributed by atoms with Gasteiger partial charge in [0, 0.05) is 5.28 Å². The molecule has 0 bridgehead atoms. The molecule has 2 N–H and O–H groups in total. The number of aromatic amines is 1. The summed E-state index contributed by atoms with van der Waals surface area (Å²) in [5.41, 5.74) is 0. The molecule has 42 valence electrons. The molecule has 0 aromatic carbocycles. The predicted molar refractivity (Wildman–Crippen MR) is 22.7 cm³/mol. The van der Waals surface area contributed by atoms with Crippen LogP contribution in [-0.2, 0) is 0 Å². The second-order valence-corrected chi connectivity index (χ2v) is 1.02. The van der Waals surface area contributed by atoms with Crippen molar-refractivity contribution in [2.75, 3.05) is 0 Å². The van der Waals surface area contributed by atoms with Crippen LogP contribution < -0.4 is 0 Å². The lowest BCUT2D eigenvalue weighted by molar-refractivity contribution is 0.288. The highest BCUT2D eigenvalue weighted by Crippen LogP contribution is 1.99. The Morgan fingerprint density at radius 2 is 2.62 bits per heavy atom. The van der Waals surface area contributed by atoms with Gasteiger partial charge >= 0.3 is 0 Å². The molecule has 0 atom stereocenters. The van der Waals surface area contributed by atoms with Crippen molar-refractivity contribution in [2.24, 2.45) is 10.4 Å². The fraction of sp³-hybridized carbons (Fsp3) is 0. The zero-order valence-corrected chi connectivity index (χ0v) is 3.81. The zero-order valence-electron chi connectivity index (χ0n) is 3.81. The van der Waals surface area contributed by atoms with Gasteiger partial charge in [-0.25, -0.2) is 0 Å². The Morgan fingerprint density at radius 3 is 3.12 bits per heavy atom. The van der Waals surface area contributed by atoms with Gasteiger partial charge in [0.05, 0.1) is 6.20 Å². The van der Waals surface area contributed by atoms with Gasteiger partial charge in [-0.05, 0) is 0 Å². The summed E-state index contributed by atoms with van der Waals surface area (Å²) in [6.45, 7) is 0. The maximum absolute atomic E-state index is 7.81. The first-order valence-electron chi connectivity index (χ1n) is 1.85. The van der Waals surface area contributed by atoms with Crippen molar-refractivity contribution in [1.82, 2.24) is 15.4 Å². The SMILES string of the molecule is ON=Nc1c[nH]nn1. The van der Waals surface area contributed by atoms with Gasteiger partial charge in [-0.15, -0.1) is 5.10 Å². The number of nitrogens with one attached hydrogen (secondary N) is 1. The molecule has 0 aliphatic carbocycles. The third-order valence-electron chi connectivity index (χ3n) is 0.551. The zero-order chi connectivity index (χ0) is 5.82. The van der Waals surface area contributed by atoms with Gasteiger partial charge in [0.15, 0.2) is 0 Å². The van der Waals surface area contributed by atoms with E-state index in [1.54, 1.807) is 0 Å². The number of hydrogen-bond donors (Lipinski definition) is 2. The van der Waals surface area contributed by atoms with Crippen LogP contribution in [-0.4, -0.2) is 20.6 Å². The van der Waals surface area contributed by atoms with Crippen molar-refractivity contribution in [1.29, 1.82) is 0 Å². The molecular weight excluding hydrogens is 110 g/mol. The Morgan fingerprint density at radius 1 is 1.75 bits per heavy atom. The van der Waals surface area contributed by atoms with Gasteiger partial charge in [-0.2, -0.15) is 0 Å². The molecule has 1 rings (SSSR count). The first-order valence-corrected chi connectivity index (χ1v) is 1.85. The lowest BCUT2D eigenvalue weighted by Crippen LogP contribution is -1.64. The summed E-state index contributed by atoms with van der Waals surface area (Å²) in [5, 5.41) is 22.5. The Bertz CT molecular complexity index is 167. The van der Waals surface area contributed by atoms with Crippen molar-refractivity contribution < 1.29 is 5.21 Å². The Kier molecular flexibility index (Phi) is 1.18. The number of rotatable bonds is 1. The standard InChI is InChI=1S/C2H3N5O/c8-7-5-2-1-3-6-4-2/h1H,(H2,3,4,5,6,8). The van der Waals surface area contributed by atoms with E-state index < -0.39 is 0 Å². The van der Waals surface area contributed by atoms with Crippen molar-refractivity contribution in [3.8, 4) is 0 Å². The maximum Gasteiger partial charge on any atom is 0.218 e. The molecule has 0 aliphatic rings. The third kappa shape index (κ3) is 0.780.